The first kappa shape index (κ1) is 21.3. The Bertz CT molecular complexity index is 829. The SMILES string of the molecule is CCC(C)(C)NC(=O)c1ccc(NC(=O)Cc2ccc(OC)cc2OC)cc1. The minimum atomic E-state index is -0.263. The van der Waals surface area contributed by atoms with Gasteiger partial charge < -0.3 is 20.1 Å². The average Bonchev–Trinajstić information content (AvgIpc) is 2.68. The zero-order chi connectivity index (χ0) is 20.7. The van der Waals surface area contributed by atoms with Gasteiger partial charge in [-0.2, -0.15) is 0 Å². The quantitative estimate of drug-likeness (QED) is 0.726. The Labute approximate surface area is 166 Å². The highest BCUT2D eigenvalue weighted by Crippen LogP contribution is 2.25. The number of anilines is 1. The molecule has 28 heavy (non-hydrogen) atoms. The first-order chi connectivity index (χ1) is 13.3. The molecule has 2 rings (SSSR count). The average molecular weight is 384 g/mol. The fraction of sp³-hybridized carbons (Fsp3) is 0.364. The lowest BCUT2D eigenvalue weighted by Gasteiger charge is -2.24. The van der Waals surface area contributed by atoms with Crippen LogP contribution in [0.1, 0.15) is 43.1 Å². The van der Waals surface area contributed by atoms with E-state index in [9.17, 15) is 9.59 Å². The summed E-state index contributed by atoms with van der Waals surface area (Å²) in [5.74, 6) is 0.960. The number of methoxy groups -OCH3 is 2. The smallest absolute Gasteiger partial charge is 0.251 e. The number of carbonyl (C=O) groups is 2. The third-order valence-electron chi connectivity index (χ3n) is 4.61. The van der Waals surface area contributed by atoms with E-state index in [4.69, 9.17) is 9.47 Å². The van der Waals surface area contributed by atoms with E-state index < -0.39 is 0 Å². The molecule has 2 aromatic carbocycles. The zero-order valence-electron chi connectivity index (χ0n) is 17.1. The van der Waals surface area contributed by atoms with Gasteiger partial charge in [0.15, 0.2) is 0 Å². The molecule has 2 N–H and O–H groups in total. The lowest BCUT2D eigenvalue weighted by molar-refractivity contribution is -0.115. The summed E-state index contributed by atoms with van der Waals surface area (Å²) < 4.78 is 10.5. The predicted molar refractivity (Wildman–Crippen MR) is 110 cm³/mol. The molecule has 0 aromatic heterocycles. The van der Waals surface area contributed by atoms with Crippen molar-refractivity contribution in [3.05, 3.63) is 53.6 Å². The molecule has 6 heteroatoms. The first-order valence-corrected chi connectivity index (χ1v) is 9.21. The zero-order valence-corrected chi connectivity index (χ0v) is 17.1. The summed E-state index contributed by atoms with van der Waals surface area (Å²) in [7, 11) is 3.13. The second kappa shape index (κ2) is 9.26. The van der Waals surface area contributed by atoms with Crippen molar-refractivity contribution >= 4 is 17.5 Å². The number of nitrogens with one attached hydrogen (secondary N) is 2. The van der Waals surface area contributed by atoms with Gasteiger partial charge >= 0.3 is 0 Å². The van der Waals surface area contributed by atoms with E-state index in [0.717, 1.165) is 12.0 Å². The summed E-state index contributed by atoms with van der Waals surface area (Å²) >= 11 is 0. The van der Waals surface area contributed by atoms with Crippen LogP contribution < -0.4 is 20.1 Å². The van der Waals surface area contributed by atoms with Crippen LogP contribution in [-0.4, -0.2) is 31.6 Å². The minimum absolute atomic E-state index is 0.132. The summed E-state index contributed by atoms with van der Waals surface area (Å²) in [6.07, 6.45) is 1.00. The number of carbonyl (C=O) groups excluding carboxylic acids is 2. The summed E-state index contributed by atoms with van der Waals surface area (Å²) in [5, 5.41) is 5.83. The normalized spacial score (nSPS) is 10.9. The van der Waals surface area contributed by atoms with Crippen molar-refractivity contribution in [3.8, 4) is 11.5 Å². The van der Waals surface area contributed by atoms with Crippen molar-refractivity contribution in [3.63, 3.8) is 0 Å². The fourth-order valence-corrected chi connectivity index (χ4v) is 2.55. The number of amides is 2. The Morgan fingerprint density at radius 1 is 1.00 bits per heavy atom. The number of ether oxygens (including phenoxy) is 2. The van der Waals surface area contributed by atoms with E-state index in [0.29, 0.717) is 22.7 Å². The van der Waals surface area contributed by atoms with Gasteiger partial charge in [0, 0.05) is 28.4 Å². The summed E-state index contributed by atoms with van der Waals surface area (Å²) in [5.41, 5.74) is 1.68. The molecule has 2 aromatic rings. The topological polar surface area (TPSA) is 76.7 Å². The summed E-state index contributed by atoms with van der Waals surface area (Å²) in [4.78, 5) is 24.7. The van der Waals surface area contributed by atoms with Crippen LogP contribution in [0, 0.1) is 0 Å². The summed E-state index contributed by atoms with van der Waals surface area (Å²) in [6, 6.07) is 12.2. The standard InChI is InChI=1S/C22H28N2O4/c1-6-22(2,3)24-21(26)15-7-10-17(11-8-15)23-20(25)13-16-9-12-18(27-4)14-19(16)28-5/h7-12,14H,6,13H2,1-5H3,(H,23,25)(H,24,26). The monoisotopic (exact) mass is 384 g/mol. The van der Waals surface area contributed by atoms with Gasteiger partial charge in [0.2, 0.25) is 5.91 Å². The Kier molecular flexibility index (Phi) is 7.04. The van der Waals surface area contributed by atoms with Crippen LogP contribution in [-0.2, 0) is 11.2 Å². The van der Waals surface area contributed by atoms with E-state index in [-0.39, 0.29) is 23.8 Å². The lowest BCUT2D eigenvalue weighted by Crippen LogP contribution is -2.42. The van der Waals surface area contributed by atoms with Crippen LogP contribution in [0.2, 0.25) is 0 Å². The molecule has 0 bridgehead atoms. The molecule has 6 nitrogen and oxygen atoms in total. The third kappa shape index (κ3) is 5.74. The van der Waals surface area contributed by atoms with Gasteiger partial charge in [-0.15, -0.1) is 0 Å². The number of hydrogen-bond acceptors (Lipinski definition) is 4. The van der Waals surface area contributed by atoms with E-state index >= 15 is 0 Å². The third-order valence-corrected chi connectivity index (χ3v) is 4.61. The number of hydrogen-bond donors (Lipinski definition) is 2. The van der Waals surface area contributed by atoms with E-state index in [1.165, 1.54) is 0 Å². The Hall–Kier alpha value is -3.02. The molecule has 2 amide bonds. The molecule has 0 radical (unpaired) electrons. The van der Waals surface area contributed by atoms with Crippen LogP contribution in [0.15, 0.2) is 42.5 Å². The molecule has 150 valence electrons. The van der Waals surface area contributed by atoms with Crippen LogP contribution in [0.5, 0.6) is 11.5 Å². The Balaban J connectivity index is 2.00. The molecule has 0 aliphatic carbocycles. The molecule has 0 saturated carbocycles. The molecule has 0 spiro atoms. The van der Waals surface area contributed by atoms with Crippen molar-refractivity contribution in [2.75, 3.05) is 19.5 Å². The largest absolute Gasteiger partial charge is 0.497 e. The van der Waals surface area contributed by atoms with E-state index in [2.05, 4.69) is 10.6 Å². The van der Waals surface area contributed by atoms with Crippen molar-refractivity contribution in [1.29, 1.82) is 0 Å². The lowest BCUT2D eigenvalue weighted by atomic mass is 10.0. The van der Waals surface area contributed by atoms with E-state index in [1.807, 2.05) is 20.8 Å². The minimum Gasteiger partial charge on any atom is -0.497 e. The molecular formula is C22H28N2O4. The molecular weight excluding hydrogens is 356 g/mol. The molecule has 0 saturated heterocycles. The second-order valence-corrected chi connectivity index (χ2v) is 7.17. The highest BCUT2D eigenvalue weighted by atomic mass is 16.5. The molecule has 0 aliphatic heterocycles. The molecule has 0 aliphatic rings. The van der Waals surface area contributed by atoms with Gasteiger partial charge in [-0.3, -0.25) is 9.59 Å². The maximum absolute atomic E-state index is 12.4. The Morgan fingerprint density at radius 3 is 2.25 bits per heavy atom. The van der Waals surface area contributed by atoms with Crippen LogP contribution in [0.3, 0.4) is 0 Å². The number of benzene rings is 2. The molecule has 0 fully saturated rings. The van der Waals surface area contributed by atoms with Crippen LogP contribution in [0.4, 0.5) is 5.69 Å². The highest BCUT2D eigenvalue weighted by molar-refractivity contribution is 5.96. The van der Waals surface area contributed by atoms with Crippen molar-refractivity contribution in [2.24, 2.45) is 0 Å². The van der Waals surface area contributed by atoms with Gasteiger partial charge in [-0.1, -0.05) is 13.0 Å². The fourth-order valence-electron chi connectivity index (χ4n) is 2.55. The maximum Gasteiger partial charge on any atom is 0.251 e. The molecule has 0 unspecified atom stereocenters. The second-order valence-electron chi connectivity index (χ2n) is 7.17. The molecule has 0 heterocycles. The Morgan fingerprint density at radius 2 is 1.68 bits per heavy atom. The summed E-state index contributed by atoms with van der Waals surface area (Å²) in [6.45, 7) is 5.98. The van der Waals surface area contributed by atoms with Gasteiger partial charge in [0.1, 0.15) is 11.5 Å². The molecule has 0 atom stereocenters. The first-order valence-electron chi connectivity index (χ1n) is 9.21. The van der Waals surface area contributed by atoms with Gasteiger partial charge in [0.25, 0.3) is 5.91 Å². The van der Waals surface area contributed by atoms with Crippen LogP contribution >= 0.6 is 0 Å². The van der Waals surface area contributed by atoms with Gasteiger partial charge in [-0.25, -0.2) is 0 Å². The number of rotatable bonds is 8. The van der Waals surface area contributed by atoms with Crippen molar-refractivity contribution in [2.45, 2.75) is 39.2 Å². The van der Waals surface area contributed by atoms with Crippen molar-refractivity contribution < 1.29 is 19.1 Å². The highest BCUT2D eigenvalue weighted by Gasteiger charge is 2.18. The van der Waals surface area contributed by atoms with Crippen LogP contribution in [0.25, 0.3) is 0 Å². The van der Waals surface area contributed by atoms with Gasteiger partial charge in [-0.05, 0) is 50.6 Å². The van der Waals surface area contributed by atoms with Gasteiger partial charge in [0.05, 0.1) is 20.6 Å². The van der Waals surface area contributed by atoms with Crippen molar-refractivity contribution in [1.82, 2.24) is 5.32 Å². The van der Waals surface area contributed by atoms with E-state index in [1.54, 1.807) is 56.7 Å². The predicted octanol–water partition coefficient (Wildman–Crippen LogP) is 3.80. The maximum atomic E-state index is 12.4.